The fourth-order valence-corrected chi connectivity index (χ4v) is 3.04. The van der Waals surface area contributed by atoms with Crippen LogP contribution < -0.4 is 4.57 Å². The van der Waals surface area contributed by atoms with Crippen molar-refractivity contribution in [2.24, 2.45) is 0 Å². The zero-order valence-electron chi connectivity index (χ0n) is 12.2. The Morgan fingerprint density at radius 2 is 1.90 bits per heavy atom. The van der Waals surface area contributed by atoms with Crippen LogP contribution in [0.4, 0.5) is 0 Å². The molecule has 0 spiro atoms. The summed E-state index contributed by atoms with van der Waals surface area (Å²) < 4.78 is 1.96. The smallest absolute Gasteiger partial charge is 0.227 e. The summed E-state index contributed by atoms with van der Waals surface area (Å²) >= 11 is 0. The zero-order chi connectivity index (χ0) is 14.5. The summed E-state index contributed by atoms with van der Waals surface area (Å²) in [6, 6.07) is 9.46. The maximum absolute atomic E-state index is 12.3. The summed E-state index contributed by atoms with van der Waals surface area (Å²) in [5.74, 6) is 0.708. The summed E-state index contributed by atoms with van der Waals surface area (Å²) in [7, 11) is 0. The first kappa shape index (κ1) is 13.9. The highest BCUT2D eigenvalue weighted by molar-refractivity contribution is 5.94. The van der Waals surface area contributed by atoms with Gasteiger partial charge in [-0.2, -0.15) is 4.57 Å². The molecular weight excluding hydrogens is 260 g/mol. The number of aromatic nitrogens is 2. The van der Waals surface area contributed by atoms with E-state index >= 15 is 0 Å². The summed E-state index contributed by atoms with van der Waals surface area (Å²) in [5, 5.41) is 0. The van der Waals surface area contributed by atoms with Crippen LogP contribution in [0.2, 0.25) is 0 Å². The van der Waals surface area contributed by atoms with Crippen LogP contribution in [-0.4, -0.2) is 10.8 Å². The molecule has 0 saturated heterocycles. The average Bonchev–Trinajstić information content (AvgIpc) is 2.57. The number of hydrogen-bond donors (Lipinski definition) is 0. The second-order valence-electron chi connectivity index (χ2n) is 5.78. The predicted octanol–water partition coefficient (Wildman–Crippen LogP) is 3.30. The number of ketones is 1. The van der Waals surface area contributed by atoms with Crippen molar-refractivity contribution >= 4 is 5.78 Å². The molecule has 3 nitrogen and oxygen atoms in total. The van der Waals surface area contributed by atoms with Gasteiger partial charge in [0.1, 0.15) is 5.69 Å². The molecule has 0 atom stereocenters. The number of rotatable bonds is 4. The quantitative estimate of drug-likeness (QED) is 0.636. The van der Waals surface area contributed by atoms with Gasteiger partial charge in [0.25, 0.3) is 0 Å². The summed E-state index contributed by atoms with van der Waals surface area (Å²) in [6.07, 6.45) is 12.1. The van der Waals surface area contributed by atoms with Crippen LogP contribution in [0.5, 0.6) is 0 Å². The molecule has 1 aliphatic carbocycles. The van der Waals surface area contributed by atoms with E-state index in [1.54, 1.807) is 0 Å². The fourth-order valence-electron chi connectivity index (χ4n) is 3.04. The number of nitrogens with zero attached hydrogens (tertiary/aromatic N) is 2. The molecule has 1 aromatic heterocycles. The molecule has 0 bridgehead atoms. The van der Waals surface area contributed by atoms with E-state index < -0.39 is 0 Å². The first-order valence-corrected chi connectivity index (χ1v) is 7.76. The second kappa shape index (κ2) is 6.61. The van der Waals surface area contributed by atoms with Crippen molar-refractivity contribution in [3.05, 3.63) is 60.2 Å². The first-order chi connectivity index (χ1) is 10.3. The van der Waals surface area contributed by atoms with E-state index in [1.165, 1.54) is 32.1 Å². The molecule has 1 heterocycles. The van der Waals surface area contributed by atoms with Gasteiger partial charge in [-0.15, -0.1) is 0 Å². The Kier molecular flexibility index (Phi) is 4.39. The van der Waals surface area contributed by atoms with Gasteiger partial charge in [0.15, 0.2) is 12.4 Å². The molecule has 3 heteroatoms. The number of carbonyl (C=O) groups excluding carboxylic acids is 1. The van der Waals surface area contributed by atoms with E-state index in [0.29, 0.717) is 12.5 Å². The molecule has 1 fully saturated rings. The van der Waals surface area contributed by atoms with Crippen LogP contribution in [0.25, 0.3) is 0 Å². The van der Waals surface area contributed by atoms with Crippen molar-refractivity contribution in [3.8, 4) is 0 Å². The molecular formula is C18H21N2O+. The van der Waals surface area contributed by atoms with Gasteiger partial charge in [-0.05, 0) is 12.8 Å². The Morgan fingerprint density at radius 3 is 2.67 bits per heavy atom. The van der Waals surface area contributed by atoms with Crippen LogP contribution in [0.1, 0.15) is 54.1 Å². The van der Waals surface area contributed by atoms with Crippen molar-refractivity contribution in [1.82, 2.24) is 4.98 Å². The van der Waals surface area contributed by atoms with E-state index in [0.717, 1.165) is 11.3 Å². The van der Waals surface area contributed by atoms with Crippen LogP contribution in [-0.2, 0) is 6.54 Å². The van der Waals surface area contributed by atoms with Crippen molar-refractivity contribution in [3.63, 3.8) is 0 Å². The molecule has 1 saturated carbocycles. The Morgan fingerprint density at radius 1 is 1.14 bits per heavy atom. The van der Waals surface area contributed by atoms with E-state index in [2.05, 4.69) is 11.2 Å². The SMILES string of the molecule is O=C(C[n+]1ccnc(C2CCCCC2)c1)c1ccccc1. The summed E-state index contributed by atoms with van der Waals surface area (Å²) in [6.45, 7) is 0.381. The standard InChI is InChI=1S/C18H21N2O/c21-18(16-9-5-2-6-10-16)14-20-12-11-19-17(13-20)15-7-3-1-4-8-15/h2,5-6,9-13,15H,1,3-4,7-8,14H2/q+1. The summed E-state index contributed by atoms with van der Waals surface area (Å²) in [4.78, 5) is 16.8. The zero-order valence-corrected chi connectivity index (χ0v) is 12.2. The lowest BCUT2D eigenvalue weighted by molar-refractivity contribution is -0.684. The van der Waals surface area contributed by atoms with Crippen molar-refractivity contribution in [2.45, 2.75) is 44.6 Å². The predicted molar refractivity (Wildman–Crippen MR) is 81.0 cm³/mol. The largest absolute Gasteiger partial charge is 0.287 e. The first-order valence-electron chi connectivity index (χ1n) is 7.76. The number of carbonyl (C=O) groups is 1. The van der Waals surface area contributed by atoms with Gasteiger partial charge in [0.05, 0.1) is 6.20 Å². The van der Waals surface area contributed by atoms with Crippen molar-refractivity contribution in [1.29, 1.82) is 0 Å². The number of hydrogen-bond acceptors (Lipinski definition) is 2. The highest BCUT2D eigenvalue weighted by atomic mass is 16.1. The monoisotopic (exact) mass is 281 g/mol. The fraction of sp³-hybridized carbons (Fsp3) is 0.389. The third kappa shape index (κ3) is 3.54. The third-order valence-electron chi connectivity index (χ3n) is 4.23. The average molecular weight is 281 g/mol. The van der Waals surface area contributed by atoms with Gasteiger partial charge in [-0.25, -0.2) is 4.98 Å². The molecule has 108 valence electrons. The maximum atomic E-state index is 12.3. The molecule has 1 aliphatic rings. The molecule has 3 rings (SSSR count). The highest BCUT2D eigenvalue weighted by Gasteiger charge is 2.20. The Bertz CT molecular complexity index is 604. The molecule has 0 N–H and O–H groups in total. The van der Waals surface area contributed by atoms with Crippen molar-refractivity contribution < 1.29 is 9.36 Å². The molecule has 0 amide bonds. The Hall–Kier alpha value is -2.03. The topological polar surface area (TPSA) is 33.8 Å². The molecule has 0 unspecified atom stereocenters. The lowest BCUT2D eigenvalue weighted by Gasteiger charge is -2.19. The van der Waals surface area contributed by atoms with E-state index in [-0.39, 0.29) is 5.78 Å². The second-order valence-corrected chi connectivity index (χ2v) is 5.78. The lowest BCUT2D eigenvalue weighted by Crippen LogP contribution is -2.38. The van der Waals surface area contributed by atoms with Crippen molar-refractivity contribution in [2.75, 3.05) is 0 Å². The van der Waals surface area contributed by atoms with Gasteiger partial charge in [-0.3, -0.25) is 4.79 Å². The lowest BCUT2D eigenvalue weighted by atomic mass is 9.87. The maximum Gasteiger partial charge on any atom is 0.227 e. The van der Waals surface area contributed by atoms with Gasteiger partial charge < -0.3 is 0 Å². The molecule has 21 heavy (non-hydrogen) atoms. The van der Waals surface area contributed by atoms with Crippen LogP contribution in [0, 0.1) is 0 Å². The number of Topliss-reactive ketones (excluding diaryl/α,β-unsaturated/α-hetero) is 1. The minimum atomic E-state index is 0.140. The van der Waals surface area contributed by atoms with E-state index in [9.17, 15) is 4.79 Å². The Balaban J connectivity index is 1.72. The van der Waals surface area contributed by atoms with Gasteiger partial charge in [-0.1, -0.05) is 49.6 Å². The molecule has 1 aromatic carbocycles. The minimum Gasteiger partial charge on any atom is -0.287 e. The third-order valence-corrected chi connectivity index (χ3v) is 4.23. The van der Waals surface area contributed by atoms with Gasteiger partial charge in [0.2, 0.25) is 12.3 Å². The van der Waals surface area contributed by atoms with E-state index in [1.807, 2.05) is 47.3 Å². The molecule has 2 aromatic rings. The normalized spacial score (nSPS) is 15.8. The van der Waals surface area contributed by atoms with Gasteiger partial charge >= 0.3 is 0 Å². The number of benzene rings is 1. The van der Waals surface area contributed by atoms with Crippen LogP contribution in [0.15, 0.2) is 48.9 Å². The Labute approximate surface area is 125 Å². The molecule has 0 aliphatic heterocycles. The minimum absolute atomic E-state index is 0.140. The molecule has 0 radical (unpaired) electrons. The highest BCUT2D eigenvalue weighted by Crippen LogP contribution is 2.30. The van der Waals surface area contributed by atoms with Gasteiger partial charge in [0, 0.05) is 11.5 Å². The van der Waals surface area contributed by atoms with Crippen LogP contribution in [0.3, 0.4) is 0 Å². The van der Waals surface area contributed by atoms with Crippen LogP contribution >= 0.6 is 0 Å². The summed E-state index contributed by atoms with van der Waals surface area (Å²) in [5.41, 5.74) is 1.90. The van der Waals surface area contributed by atoms with E-state index in [4.69, 9.17) is 0 Å².